The number of ether oxygens (including phenoxy) is 2. The molecule has 0 amide bonds. The first kappa shape index (κ1) is 23.0. The Morgan fingerprint density at radius 2 is 1.87 bits per heavy atom. The predicted octanol–water partition coefficient (Wildman–Crippen LogP) is 6.89. The summed E-state index contributed by atoms with van der Waals surface area (Å²) in [7, 11) is 0. The van der Waals surface area contributed by atoms with Crippen LogP contribution in [0.25, 0.3) is 0 Å². The van der Waals surface area contributed by atoms with Gasteiger partial charge in [0.25, 0.3) is 5.69 Å². The maximum absolute atomic E-state index is 10.8. The van der Waals surface area contributed by atoms with Crippen molar-refractivity contribution in [2.75, 3.05) is 6.61 Å². The molecule has 0 spiro atoms. The van der Waals surface area contributed by atoms with E-state index in [-0.39, 0.29) is 12.3 Å². The third kappa shape index (κ3) is 6.18. The Kier molecular flexibility index (Phi) is 7.86. The number of nitrogens with zero attached hydrogens (tertiary/aromatic N) is 2. The van der Waals surface area contributed by atoms with E-state index in [2.05, 4.69) is 27.6 Å². The molecular weight excluding hydrogens is 531 g/mol. The summed E-state index contributed by atoms with van der Waals surface area (Å²) < 4.78 is 12.6. The number of nitro groups is 1. The highest BCUT2D eigenvalue weighted by atomic mass is 127. The van der Waals surface area contributed by atoms with Gasteiger partial charge in [-0.2, -0.15) is 0 Å². The molecule has 0 saturated carbocycles. The maximum Gasteiger partial charge on any atom is 0.269 e. The van der Waals surface area contributed by atoms with E-state index in [0.29, 0.717) is 23.1 Å². The highest BCUT2D eigenvalue weighted by Crippen LogP contribution is 2.35. The van der Waals surface area contributed by atoms with E-state index < -0.39 is 4.92 Å². The van der Waals surface area contributed by atoms with Gasteiger partial charge in [-0.25, -0.2) is 0 Å². The number of rotatable bonds is 8. The molecule has 160 valence electrons. The fourth-order valence-corrected chi connectivity index (χ4v) is 3.70. The van der Waals surface area contributed by atoms with Crippen LogP contribution in [0.3, 0.4) is 0 Å². The lowest BCUT2D eigenvalue weighted by atomic mass is 10.2. The van der Waals surface area contributed by atoms with Gasteiger partial charge in [-0.3, -0.25) is 15.1 Å². The average molecular weight is 551 g/mol. The maximum atomic E-state index is 10.8. The summed E-state index contributed by atoms with van der Waals surface area (Å²) in [5, 5.41) is 11.5. The number of benzene rings is 3. The van der Waals surface area contributed by atoms with Gasteiger partial charge in [-0.15, -0.1) is 0 Å². The molecule has 8 heteroatoms. The molecule has 0 radical (unpaired) electrons. The first-order valence-electron chi connectivity index (χ1n) is 9.50. The molecule has 0 saturated heterocycles. The molecule has 0 aliphatic rings. The summed E-state index contributed by atoms with van der Waals surface area (Å²) in [4.78, 5) is 14.9. The molecule has 0 aliphatic heterocycles. The van der Waals surface area contributed by atoms with Crippen LogP contribution in [0, 0.1) is 20.6 Å². The van der Waals surface area contributed by atoms with E-state index in [4.69, 9.17) is 21.1 Å². The van der Waals surface area contributed by atoms with Gasteiger partial charge in [0.15, 0.2) is 11.5 Å². The van der Waals surface area contributed by atoms with Gasteiger partial charge in [0.05, 0.1) is 20.8 Å². The van der Waals surface area contributed by atoms with Crippen molar-refractivity contribution in [2.45, 2.75) is 20.5 Å². The van der Waals surface area contributed by atoms with Gasteiger partial charge in [-0.05, 0) is 89.5 Å². The molecule has 0 bridgehead atoms. The van der Waals surface area contributed by atoms with Crippen LogP contribution in [0.2, 0.25) is 5.02 Å². The highest BCUT2D eigenvalue weighted by molar-refractivity contribution is 14.1. The van der Waals surface area contributed by atoms with Crippen molar-refractivity contribution in [3.8, 4) is 11.5 Å². The Bertz CT molecular complexity index is 1120. The van der Waals surface area contributed by atoms with Crippen LogP contribution >= 0.6 is 34.2 Å². The van der Waals surface area contributed by atoms with Crippen LogP contribution in [-0.4, -0.2) is 17.7 Å². The number of non-ortho nitro benzene ring substituents is 1. The van der Waals surface area contributed by atoms with Crippen LogP contribution < -0.4 is 9.47 Å². The Morgan fingerprint density at radius 3 is 2.52 bits per heavy atom. The fraction of sp³-hybridized carbons (Fsp3) is 0.174. The normalized spacial score (nSPS) is 11.0. The van der Waals surface area contributed by atoms with E-state index in [1.165, 1.54) is 12.1 Å². The number of halogens is 2. The predicted molar refractivity (Wildman–Crippen MR) is 131 cm³/mol. The minimum absolute atomic E-state index is 0.0480. The van der Waals surface area contributed by atoms with Gasteiger partial charge in [0.2, 0.25) is 0 Å². The van der Waals surface area contributed by atoms with Crippen molar-refractivity contribution in [3.05, 3.63) is 90.0 Å². The minimum atomic E-state index is -0.425. The molecule has 0 aromatic heterocycles. The zero-order valence-corrected chi connectivity index (χ0v) is 19.9. The van der Waals surface area contributed by atoms with E-state index in [9.17, 15) is 10.1 Å². The summed E-state index contributed by atoms with van der Waals surface area (Å²) >= 11 is 8.37. The zero-order valence-electron chi connectivity index (χ0n) is 17.0. The molecule has 3 aromatic rings. The van der Waals surface area contributed by atoms with Gasteiger partial charge in [0.1, 0.15) is 6.61 Å². The quantitative estimate of drug-likeness (QED) is 0.132. The molecule has 0 fully saturated rings. The number of aliphatic imine (C=N–C) groups is 1. The Morgan fingerprint density at radius 1 is 1.13 bits per heavy atom. The molecule has 6 nitrogen and oxygen atoms in total. The van der Waals surface area contributed by atoms with Crippen molar-refractivity contribution < 1.29 is 14.4 Å². The number of aryl methyl sites for hydroxylation is 1. The van der Waals surface area contributed by atoms with Crippen LogP contribution in [0.4, 0.5) is 11.4 Å². The van der Waals surface area contributed by atoms with Crippen molar-refractivity contribution in [1.82, 2.24) is 0 Å². The number of hydrogen-bond acceptors (Lipinski definition) is 5. The Hall–Kier alpha value is -2.65. The molecule has 3 rings (SSSR count). The van der Waals surface area contributed by atoms with Gasteiger partial charge < -0.3 is 9.47 Å². The second-order valence-corrected chi connectivity index (χ2v) is 8.24. The minimum Gasteiger partial charge on any atom is -0.490 e. The van der Waals surface area contributed by atoms with E-state index in [1.807, 2.05) is 44.2 Å². The summed E-state index contributed by atoms with van der Waals surface area (Å²) in [6.45, 7) is 4.60. The van der Waals surface area contributed by atoms with E-state index >= 15 is 0 Å². The Labute approximate surface area is 199 Å². The zero-order chi connectivity index (χ0) is 22.4. The van der Waals surface area contributed by atoms with Crippen molar-refractivity contribution >= 4 is 51.8 Å². The molecule has 0 unspecified atom stereocenters. The van der Waals surface area contributed by atoms with Gasteiger partial charge in [0, 0.05) is 23.4 Å². The second kappa shape index (κ2) is 10.6. The van der Waals surface area contributed by atoms with Crippen LogP contribution in [0.15, 0.2) is 59.6 Å². The number of hydrogen-bond donors (Lipinski definition) is 0. The fourth-order valence-electron chi connectivity index (χ4n) is 2.75. The second-order valence-electron chi connectivity index (χ2n) is 6.67. The lowest BCUT2D eigenvalue weighted by Gasteiger charge is -2.14. The summed E-state index contributed by atoms with van der Waals surface area (Å²) in [6.07, 6.45) is 1.76. The molecule has 0 aliphatic carbocycles. The smallest absolute Gasteiger partial charge is 0.269 e. The summed E-state index contributed by atoms with van der Waals surface area (Å²) in [5.41, 5.74) is 3.51. The lowest BCUT2D eigenvalue weighted by molar-refractivity contribution is -0.384. The molecule has 3 aromatic carbocycles. The highest BCUT2D eigenvalue weighted by Gasteiger charge is 2.13. The van der Waals surface area contributed by atoms with Crippen molar-refractivity contribution in [2.24, 2.45) is 4.99 Å². The lowest BCUT2D eigenvalue weighted by Crippen LogP contribution is -2.02. The van der Waals surface area contributed by atoms with Crippen LogP contribution in [-0.2, 0) is 6.61 Å². The standard InChI is InChI=1S/C23H20ClIN2O4/c1-3-30-22-11-17(13-26-18-7-4-15(2)20(24)12-18)10-21(25)23(22)31-14-16-5-8-19(9-6-16)27(28)29/h4-13H,3,14H2,1-2H3. The van der Waals surface area contributed by atoms with E-state index in [1.54, 1.807) is 18.3 Å². The van der Waals surface area contributed by atoms with Crippen molar-refractivity contribution in [1.29, 1.82) is 0 Å². The summed E-state index contributed by atoms with van der Waals surface area (Å²) in [5.74, 6) is 1.23. The molecule has 0 heterocycles. The first-order valence-corrected chi connectivity index (χ1v) is 11.0. The topological polar surface area (TPSA) is 74.0 Å². The Balaban J connectivity index is 1.80. The monoisotopic (exact) mass is 550 g/mol. The van der Waals surface area contributed by atoms with Crippen molar-refractivity contribution in [3.63, 3.8) is 0 Å². The molecule has 0 N–H and O–H groups in total. The van der Waals surface area contributed by atoms with E-state index in [0.717, 1.165) is 25.9 Å². The molecule has 31 heavy (non-hydrogen) atoms. The third-order valence-electron chi connectivity index (χ3n) is 4.38. The van der Waals surface area contributed by atoms with Crippen LogP contribution in [0.5, 0.6) is 11.5 Å². The average Bonchev–Trinajstić information content (AvgIpc) is 2.74. The van der Waals surface area contributed by atoms with Crippen LogP contribution in [0.1, 0.15) is 23.6 Å². The third-order valence-corrected chi connectivity index (χ3v) is 5.59. The summed E-state index contributed by atoms with van der Waals surface area (Å²) in [6, 6.07) is 15.8. The van der Waals surface area contributed by atoms with Gasteiger partial charge in [-0.1, -0.05) is 17.7 Å². The SMILES string of the molecule is CCOc1cc(C=Nc2ccc(C)c(Cl)c2)cc(I)c1OCc1ccc([N+](=O)[O-])cc1. The first-order chi connectivity index (χ1) is 14.9. The molecule has 0 atom stereocenters. The number of nitro benzene ring substituents is 1. The largest absolute Gasteiger partial charge is 0.490 e. The molecular formula is C23H20ClIN2O4. The van der Waals surface area contributed by atoms with Gasteiger partial charge >= 0.3 is 0 Å².